The fourth-order valence-electron chi connectivity index (χ4n) is 1.94. The van der Waals surface area contributed by atoms with Gasteiger partial charge in [0, 0.05) is 24.7 Å². The van der Waals surface area contributed by atoms with Gasteiger partial charge in [-0.05, 0) is 36.7 Å². The van der Waals surface area contributed by atoms with Gasteiger partial charge in [-0.2, -0.15) is 0 Å². The van der Waals surface area contributed by atoms with E-state index in [4.69, 9.17) is 4.74 Å². The largest absolute Gasteiger partial charge is 0.497 e. The lowest BCUT2D eigenvalue weighted by atomic mass is 10.2. The zero-order valence-electron chi connectivity index (χ0n) is 13.1. The smallest absolute Gasteiger partial charge is 0.189 e. The van der Waals surface area contributed by atoms with E-state index in [9.17, 15) is 0 Å². The van der Waals surface area contributed by atoms with Crippen molar-refractivity contribution in [2.45, 2.75) is 20.4 Å². The SMILES string of the molecule is COc1ccc(N(C)c2nc(CNCC(C)C)cs2)cc1. The zero-order chi connectivity index (χ0) is 15.2. The van der Waals surface area contributed by atoms with E-state index in [1.54, 1.807) is 18.4 Å². The van der Waals surface area contributed by atoms with Crippen molar-refractivity contribution in [2.75, 3.05) is 25.6 Å². The molecule has 0 spiro atoms. The number of benzene rings is 1. The molecule has 0 saturated heterocycles. The molecule has 0 radical (unpaired) electrons. The Kier molecular flexibility index (Phi) is 5.59. The van der Waals surface area contributed by atoms with Crippen LogP contribution in [0.25, 0.3) is 0 Å². The number of aromatic nitrogens is 1. The molecule has 1 aromatic heterocycles. The molecule has 5 heteroatoms. The standard InChI is InChI=1S/C16H23N3OS/c1-12(2)9-17-10-13-11-21-16(18-13)19(3)14-5-7-15(20-4)8-6-14/h5-8,11-12,17H,9-10H2,1-4H3. The Hall–Kier alpha value is -1.59. The normalized spacial score (nSPS) is 10.9. The Morgan fingerprint density at radius 1 is 1.29 bits per heavy atom. The molecule has 21 heavy (non-hydrogen) atoms. The number of hydrogen-bond acceptors (Lipinski definition) is 5. The summed E-state index contributed by atoms with van der Waals surface area (Å²) in [4.78, 5) is 6.77. The Balaban J connectivity index is 1.98. The highest BCUT2D eigenvalue weighted by Crippen LogP contribution is 2.28. The molecule has 0 aliphatic heterocycles. The summed E-state index contributed by atoms with van der Waals surface area (Å²) in [5, 5.41) is 6.53. The molecule has 114 valence electrons. The van der Waals surface area contributed by atoms with Crippen molar-refractivity contribution in [3.63, 3.8) is 0 Å². The van der Waals surface area contributed by atoms with E-state index in [1.807, 2.05) is 31.3 Å². The average molecular weight is 305 g/mol. The van der Waals surface area contributed by atoms with Crippen molar-refractivity contribution in [3.8, 4) is 5.75 Å². The van der Waals surface area contributed by atoms with Crippen LogP contribution >= 0.6 is 11.3 Å². The summed E-state index contributed by atoms with van der Waals surface area (Å²) in [6, 6.07) is 8.00. The third kappa shape index (κ3) is 4.44. The van der Waals surface area contributed by atoms with Gasteiger partial charge in [0.15, 0.2) is 5.13 Å². The van der Waals surface area contributed by atoms with E-state index < -0.39 is 0 Å². The van der Waals surface area contributed by atoms with Crippen molar-refractivity contribution in [3.05, 3.63) is 35.3 Å². The van der Waals surface area contributed by atoms with Crippen LogP contribution in [0.5, 0.6) is 5.75 Å². The molecule has 0 saturated carbocycles. The van der Waals surface area contributed by atoms with Crippen molar-refractivity contribution in [1.82, 2.24) is 10.3 Å². The summed E-state index contributed by atoms with van der Waals surface area (Å²) in [6.45, 7) is 6.25. The zero-order valence-corrected chi connectivity index (χ0v) is 13.9. The van der Waals surface area contributed by atoms with Crippen LogP contribution in [0, 0.1) is 5.92 Å². The minimum Gasteiger partial charge on any atom is -0.497 e. The molecule has 0 amide bonds. The van der Waals surface area contributed by atoms with Gasteiger partial charge in [0.05, 0.1) is 12.8 Å². The van der Waals surface area contributed by atoms with Crippen molar-refractivity contribution in [1.29, 1.82) is 0 Å². The summed E-state index contributed by atoms with van der Waals surface area (Å²) in [5.74, 6) is 1.52. The molecule has 1 N–H and O–H groups in total. The highest BCUT2D eigenvalue weighted by atomic mass is 32.1. The van der Waals surface area contributed by atoms with Crippen LogP contribution in [0.15, 0.2) is 29.6 Å². The Morgan fingerprint density at radius 3 is 2.62 bits per heavy atom. The fraction of sp³-hybridized carbons (Fsp3) is 0.438. The van der Waals surface area contributed by atoms with E-state index in [2.05, 4.69) is 34.4 Å². The maximum absolute atomic E-state index is 5.18. The number of anilines is 2. The van der Waals surface area contributed by atoms with Gasteiger partial charge in [-0.3, -0.25) is 0 Å². The second kappa shape index (κ2) is 7.43. The number of hydrogen-bond donors (Lipinski definition) is 1. The highest BCUT2D eigenvalue weighted by molar-refractivity contribution is 7.13. The molecule has 0 unspecified atom stereocenters. The van der Waals surface area contributed by atoms with Gasteiger partial charge in [-0.15, -0.1) is 11.3 Å². The lowest BCUT2D eigenvalue weighted by molar-refractivity contribution is 0.415. The first-order valence-electron chi connectivity index (χ1n) is 7.13. The third-order valence-corrected chi connectivity index (χ3v) is 4.11. The van der Waals surface area contributed by atoms with Crippen molar-refractivity contribution < 1.29 is 4.74 Å². The molecular formula is C16H23N3OS. The van der Waals surface area contributed by atoms with Gasteiger partial charge in [0.2, 0.25) is 0 Å². The summed E-state index contributed by atoms with van der Waals surface area (Å²) in [5.41, 5.74) is 2.20. The van der Waals surface area contributed by atoms with Crippen molar-refractivity contribution >= 4 is 22.2 Å². The van der Waals surface area contributed by atoms with Crippen LogP contribution in [-0.4, -0.2) is 25.7 Å². The third-order valence-electron chi connectivity index (χ3n) is 3.14. The minimum atomic E-state index is 0.657. The van der Waals surface area contributed by atoms with E-state index >= 15 is 0 Å². The van der Waals surface area contributed by atoms with Crippen LogP contribution in [0.4, 0.5) is 10.8 Å². The molecule has 0 aliphatic carbocycles. The molecular weight excluding hydrogens is 282 g/mol. The Bertz CT molecular complexity index is 551. The summed E-state index contributed by atoms with van der Waals surface area (Å²) in [7, 11) is 3.71. The van der Waals surface area contributed by atoms with Crippen LogP contribution < -0.4 is 15.0 Å². The van der Waals surface area contributed by atoms with E-state index in [1.165, 1.54) is 0 Å². The number of ether oxygens (including phenoxy) is 1. The van der Waals surface area contributed by atoms with Crippen LogP contribution in [0.3, 0.4) is 0 Å². The molecule has 4 nitrogen and oxygen atoms in total. The molecule has 1 aromatic carbocycles. The molecule has 2 rings (SSSR count). The first kappa shape index (κ1) is 15.8. The van der Waals surface area contributed by atoms with Crippen LogP contribution in [-0.2, 0) is 6.54 Å². The van der Waals surface area contributed by atoms with Gasteiger partial charge >= 0.3 is 0 Å². The van der Waals surface area contributed by atoms with Crippen LogP contribution in [0.1, 0.15) is 19.5 Å². The van der Waals surface area contributed by atoms with Crippen molar-refractivity contribution in [2.24, 2.45) is 5.92 Å². The number of methoxy groups -OCH3 is 1. The van der Waals surface area contributed by atoms with Gasteiger partial charge in [-0.25, -0.2) is 4.98 Å². The molecule has 1 heterocycles. The van der Waals surface area contributed by atoms with Gasteiger partial charge in [-0.1, -0.05) is 13.8 Å². The second-order valence-electron chi connectivity index (χ2n) is 5.40. The number of rotatable bonds is 7. The predicted molar refractivity (Wildman–Crippen MR) is 89.7 cm³/mol. The molecule has 0 fully saturated rings. The number of nitrogens with zero attached hydrogens (tertiary/aromatic N) is 2. The number of nitrogens with one attached hydrogen (secondary N) is 1. The van der Waals surface area contributed by atoms with Gasteiger partial charge in [0.1, 0.15) is 5.75 Å². The molecule has 0 bridgehead atoms. The summed E-state index contributed by atoms with van der Waals surface area (Å²) in [6.07, 6.45) is 0. The molecule has 2 aromatic rings. The maximum Gasteiger partial charge on any atom is 0.189 e. The maximum atomic E-state index is 5.18. The fourth-order valence-corrected chi connectivity index (χ4v) is 2.75. The Labute approximate surface area is 130 Å². The molecule has 0 atom stereocenters. The lowest BCUT2D eigenvalue weighted by Gasteiger charge is -2.16. The second-order valence-corrected chi connectivity index (χ2v) is 6.24. The minimum absolute atomic E-state index is 0.657. The van der Waals surface area contributed by atoms with Gasteiger partial charge in [0.25, 0.3) is 0 Å². The first-order valence-corrected chi connectivity index (χ1v) is 8.01. The quantitative estimate of drug-likeness (QED) is 0.847. The van der Waals surface area contributed by atoms with E-state index in [-0.39, 0.29) is 0 Å². The van der Waals surface area contributed by atoms with Gasteiger partial charge < -0.3 is 15.0 Å². The number of thiazole rings is 1. The first-order chi connectivity index (χ1) is 10.1. The lowest BCUT2D eigenvalue weighted by Crippen LogP contribution is -2.19. The van der Waals surface area contributed by atoms with Crippen LogP contribution in [0.2, 0.25) is 0 Å². The highest BCUT2D eigenvalue weighted by Gasteiger charge is 2.09. The Morgan fingerprint density at radius 2 is 2.00 bits per heavy atom. The van der Waals surface area contributed by atoms with E-state index in [0.717, 1.165) is 35.4 Å². The summed E-state index contributed by atoms with van der Waals surface area (Å²) >= 11 is 1.66. The topological polar surface area (TPSA) is 37.4 Å². The predicted octanol–water partition coefficient (Wildman–Crippen LogP) is 3.67. The molecule has 0 aliphatic rings. The monoisotopic (exact) mass is 305 g/mol. The average Bonchev–Trinajstić information content (AvgIpc) is 2.95. The summed E-state index contributed by atoms with van der Waals surface area (Å²) < 4.78 is 5.18. The van der Waals surface area contributed by atoms with E-state index in [0.29, 0.717) is 5.92 Å².